The predicted octanol–water partition coefficient (Wildman–Crippen LogP) is 18.0. The molecule has 15 heteroatoms. The van der Waals surface area contributed by atoms with Crippen LogP contribution in [0.3, 0.4) is 0 Å². The van der Waals surface area contributed by atoms with Crippen molar-refractivity contribution in [1.29, 1.82) is 0 Å². The van der Waals surface area contributed by atoms with Gasteiger partial charge in [-0.15, -0.1) is 0 Å². The number of phenols is 2. The van der Waals surface area contributed by atoms with E-state index in [2.05, 4.69) is 143 Å². The fraction of sp³-hybridized carbons (Fsp3) is 0.440. The van der Waals surface area contributed by atoms with Gasteiger partial charge in [0.05, 0.1) is 11.4 Å². The zero-order valence-electron chi connectivity index (χ0n) is 61.3. The second-order valence-electron chi connectivity index (χ2n) is 28.9. The SMILES string of the molecule is CC(C)c1ccc(Cn2c(C(=O)OCCN(C)C)cc3c2CCCC3=O)cc1.CCc1cc2c(n1Cc1ccc(C(C)C)cc1)CCCC2=O.Cc1noc(C)c1-c1cc(O)cc(C(O)c2ccc(C(C)C)cc2)c1.Cc1noc(C)c1-c1cc(O)cc(CN2CCC(C(C)C)CC2)c1. The smallest absolute Gasteiger partial charge is 0.355 e. The van der Waals surface area contributed by atoms with Crippen LogP contribution in [-0.2, 0) is 43.6 Å². The molecule has 15 nitrogen and oxygen atoms in total. The Hall–Kier alpha value is -8.63. The van der Waals surface area contributed by atoms with Crippen molar-refractivity contribution in [3.63, 3.8) is 0 Å². The molecule has 4 aromatic heterocycles. The number of esters is 1. The van der Waals surface area contributed by atoms with Gasteiger partial charge >= 0.3 is 5.97 Å². The third kappa shape index (κ3) is 19.0. The summed E-state index contributed by atoms with van der Waals surface area (Å²) in [4.78, 5) is 41.7. The number of Topliss-reactive ketones (excluding diaryl/α,β-unsaturated/α-hetero) is 2. The zero-order chi connectivity index (χ0) is 71.4. The number of aryl methyl sites for hydroxylation is 5. The molecule has 3 N–H and O–H groups in total. The average molecular weight is 1340 g/mol. The minimum Gasteiger partial charge on any atom is -0.508 e. The summed E-state index contributed by atoms with van der Waals surface area (Å²) in [5.74, 6) is 5.09. The van der Waals surface area contributed by atoms with Crippen LogP contribution in [0.25, 0.3) is 22.3 Å². The second kappa shape index (κ2) is 34.0. The molecule has 526 valence electrons. The number of ether oxygens (including phenoxy) is 1. The molecule has 1 saturated heterocycles. The van der Waals surface area contributed by atoms with Gasteiger partial charge in [-0.25, -0.2) is 4.79 Å². The Kier molecular flexibility index (Phi) is 25.6. The topological polar surface area (TPSA) is 190 Å². The number of carbonyl (C=O) groups is 3. The Morgan fingerprint density at radius 1 is 0.566 bits per heavy atom. The maximum atomic E-state index is 12.7. The minimum absolute atomic E-state index is 0.102. The van der Waals surface area contributed by atoms with Crippen molar-refractivity contribution >= 4 is 17.5 Å². The molecule has 1 unspecified atom stereocenters. The molecule has 1 aliphatic heterocycles. The summed E-state index contributed by atoms with van der Waals surface area (Å²) in [6, 6.07) is 40.1. The van der Waals surface area contributed by atoms with Gasteiger partial charge in [0.25, 0.3) is 0 Å². The number of nitrogens with zero attached hydrogens (tertiary/aromatic N) is 6. The van der Waals surface area contributed by atoms with E-state index in [9.17, 15) is 29.7 Å². The van der Waals surface area contributed by atoms with Crippen LogP contribution in [0.2, 0.25) is 0 Å². The number of fused-ring (bicyclic) bond motifs is 2. The van der Waals surface area contributed by atoms with Gasteiger partial charge in [0.1, 0.15) is 41.4 Å². The monoisotopic (exact) mass is 1340 g/mol. The van der Waals surface area contributed by atoms with E-state index < -0.39 is 6.10 Å². The van der Waals surface area contributed by atoms with E-state index in [1.54, 1.807) is 24.3 Å². The van der Waals surface area contributed by atoms with E-state index in [4.69, 9.17) is 13.8 Å². The molecule has 0 radical (unpaired) electrons. The normalized spacial score (nSPS) is 14.4. The first-order valence-corrected chi connectivity index (χ1v) is 35.8. The lowest BCUT2D eigenvalue weighted by molar-refractivity contribution is 0.0469. The number of benzene rings is 5. The number of carbonyl (C=O) groups excluding carboxylic acids is 3. The number of aromatic hydroxyl groups is 2. The van der Waals surface area contributed by atoms with Crippen LogP contribution in [0.5, 0.6) is 11.5 Å². The van der Waals surface area contributed by atoms with E-state index in [1.165, 1.54) is 46.5 Å². The molecular weight excluding hydrogens is 1240 g/mol. The average Bonchev–Trinajstić information content (AvgIpc) is 1.69. The lowest BCUT2D eigenvalue weighted by Crippen LogP contribution is -2.34. The number of likely N-dealkylation sites (N-methyl/N-ethyl adjacent to an activating group) is 1. The third-order valence-electron chi connectivity index (χ3n) is 19.8. The highest BCUT2D eigenvalue weighted by Gasteiger charge is 2.29. The van der Waals surface area contributed by atoms with Gasteiger partial charge in [-0.3, -0.25) is 14.5 Å². The number of phenolic OH excluding ortho intramolecular Hbond substituents is 2. The molecule has 0 spiro atoms. The number of likely N-dealkylation sites (tertiary alicyclic amines) is 1. The molecule has 0 amide bonds. The first-order chi connectivity index (χ1) is 47.3. The van der Waals surface area contributed by atoms with Crippen molar-refractivity contribution < 1.29 is 43.5 Å². The largest absolute Gasteiger partial charge is 0.508 e. The molecular formula is C84H106N6O9. The van der Waals surface area contributed by atoms with Gasteiger partial charge in [-0.2, -0.15) is 0 Å². The van der Waals surface area contributed by atoms with Crippen molar-refractivity contribution in [3.8, 4) is 33.8 Å². The summed E-state index contributed by atoms with van der Waals surface area (Å²) in [5.41, 5.74) is 19.7. The van der Waals surface area contributed by atoms with Crippen molar-refractivity contribution in [3.05, 3.63) is 223 Å². The number of aliphatic hydroxyl groups excluding tert-OH is 1. The van der Waals surface area contributed by atoms with Crippen LogP contribution in [0.4, 0.5) is 0 Å². The molecule has 9 aromatic rings. The Morgan fingerprint density at radius 2 is 1.03 bits per heavy atom. The third-order valence-corrected chi connectivity index (χ3v) is 19.8. The van der Waals surface area contributed by atoms with Crippen molar-refractivity contribution in [2.75, 3.05) is 40.3 Å². The van der Waals surface area contributed by atoms with Gasteiger partial charge < -0.3 is 43.1 Å². The maximum Gasteiger partial charge on any atom is 0.355 e. The molecule has 1 fully saturated rings. The molecule has 3 aliphatic rings. The summed E-state index contributed by atoms with van der Waals surface area (Å²) >= 11 is 0. The summed E-state index contributed by atoms with van der Waals surface area (Å²) < 4.78 is 20.3. The highest BCUT2D eigenvalue weighted by molar-refractivity contribution is 6.01. The van der Waals surface area contributed by atoms with Gasteiger partial charge in [-0.05, 0) is 234 Å². The van der Waals surface area contributed by atoms with Crippen LogP contribution >= 0.6 is 0 Å². The number of ketones is 2. The summed E-state index contributed by atoms with van der Waals surface area (Å²) in [6.07, 6.45) is 7.64. The van der Waals surface area contributed by atoms with Crippen LogP contribution in [0, 0.1) is 39.5 Å². The van der Waals surface area contributed by atoms with Crippen LogP contribution in [-0.4, -0.2) is 102 Å². The summed E-state index contributed by atoms with van der Waals surface area (Å²) in [6.45, 7) is 33.0. The van der Waals surface area contributed by atoms with Gasteiger partial charge in [-0.1, -0.05) is 145 Å². The lowest BCUT2D eigenvalue weighted by Gasteiger charge is -2.33. The second-order valence-corrected chi connectivity index (χ2v) is 28.9. The zero-order valence-corrected chi connectivity index (χ0v) is 61.3. The molecule has 12 rings (SSSR count). The molecule has 99 heavy (non-hydrogen) atoms. The van der Waals surface area contributed by atoms with Crippen LogP contribution in [0.1, 0.15) is 240 Å². The van der Waals surface area contributed by atoms with Gasteiger partial charge in [0.15, 0.2) is 11.6 Å². The van der Waals surface area contributed by atoms with Crippen LogP contribution < -0.4 is 0 Å². The number of aliphatic hydroxyl groups is 1. The van der Waals surface area contributed by atoms with E-state index in [-0.39, 0.29) is 17.5 Å². The van der Waals surface area contributed by atoms with E-state index in [0.29, 0.717) is 84.4 Å². The quantitative estimate of drug-likeness (QED) is 0.0649. The first-order valence-electron chi connectivity index (χ1n) is 35.8. The number of hydrogen-bond acceptors (Lipinski definition) is 13. The van der Waals surface area contributed by atoms with Gasteiger partial charge in [0.2, 0.25) is 0 Å². The fourth-order valence-corrected chi connectivity index (χ4v) is 13.9. The minimum atomic E-state index is -0.812. The lowest BCUT2D eigenvalue weighted by atomic mass is 9.86. The summed E-state index contributed by atoms with van der Waals surface area (Å²) in [7, 11) is 3.88. The Balaban J connectivity index is 0.000000155. The highest BCUT2D eigenvalue weighted by atomic mass is 16.5. The molecule has 2 aliphatic carbocycles. The van der Waals surface area contributed by atoms with E-state index >= 15 is 0 Å². The van der Waals surface area contributed by atoms with E-state index in [0.717, 1.165) is 137 Å². The Morgan fingerprint density at radius 3 is 1.51 bits per heavy atom. The first kappa shape index (κ1) is 74.6. The Bertz CT molecular complexity index is 4130. The van der Waals surface area contributed by atoms with Crippen molar-refractivity contribution in [1.82, 2.24) is 29.2 Å². The predicted molar refractivity (Wildman–Crippen MR) is 394 cm³/mol. The number of hydrogen-bond donors (Lipinski definition) is 3. The molecule has 5 heterocycles. The number of rotatable bonds is 19. The van der Waals surface area contributed by atoms with E-state index in [1.807, 2.05) is 87.7 Å². The fourth-order valence-electron chi connectivity index (χ4n) is 13.9. The molecule has 0 bridgehead atoms. The maximum absolute atomic E-state index is 12.7. The summed E-state index contributed by atoms with van der Waals surface area (Å²) in [5, 5.41) is 39.0. The highest BCUT2D eigenvalue weighted by Crippen LogP contribution is 2.37. The Labute approximate surface area is 587 Å². The molecule has 1 atom stereocenters. The van der Waals surface area contributed by atoms with Gasteiger partial charge in [0, 0.05) is 78.4 Å². The number of aromatic nitrogens is 4. The standard InChI is InChI=1S/C23H30N2O3.C21H23NO3.C20H28N2O2.C20H25NO/c1-16(2)18-10-8-17(9-11-18)15-25-20-6-5-7-22(26)19(20)14-21(25)23(27)28-13-12-24(3)4;1-12(2)15-5-7-16(8-6-15)21(24)18-9-17(10-19(23)11-18)20-13(3)22-25-14(20)4;1-13(2)17-5-7-22(8-6-17)12-16-9-18(11-19(23)10-16)20-14(3)21-24-15(20)4;1-4-17-12-18-19(6-5-7-20(18)22)21(17)13-15-8-10-16(11-9-15)14(2)3/h8-11,14,16H,5-7,12-13,15H2,1-4H3;5-12,21,23-24H,1-4H3;9-11,13,17,23H,5-8,12H2,1-4H3;8-12,14H,4-7,13H2,1-3H3. The number of piperidine rings is 1. The molecule has 0 saturated carbocycles. The van der Waals surface area contributed by atoms with Crippen molar-refractivity contribution in [2.24, 2.45) is 11.8 Å². The molecule has 5 aromatic carbocycles. The van der Waals surface area contributed by atoms with Crippen LogP contribution in [0.15, 0.2) is 130 Å². The van der Waals surface area contributed by atoms with Crippen molar-refractivity contribution in [2.45, 2.75) is 191 Å².